The zero-order valence-electron chi connectivity index (χ0n) is 9.60. The highest BCUT2D eigenvalue weighted by atomic mass is 35.5. The summed E-state index contributed by atoms with van der Waals surface area (Å²) in [5, 5.41) is 0.484. The Morgan fingerprint density at radius 1 is 1.65 bits per heavy atom. The molecule has 0 spiro atoms. The summed E-state index contributed by atoms with van der Waals surface area (Å²) >= 11 is 6.07. The fourth-order valence-corrected chi connectivity index (χ4v) is 2.19. The first kappa shape index (κ1) is 12.1. The predicted octanol–water partition coefficient (Wildman–Crippen LogP) is 1.55. The Labute approximate surface area is 105 Å². The average molecular weight is 256 g/mol. The van der Waals surface area contributed by atoms with E-state index in [1.807, 2.05) is 4.90 Å². The molecule has 0 aliphatic carbocycles. The van der Waals surface area contributed by atoms with Crippen LogP contribution in [0.5, 0.6) is 6.01 Å². The molecule has 1 aromatic heterocycles. The molecule has 2 rings (SSSR count). The van der Waals surface area contributed by atoms with Crippen molar-refractivity contribution in [3.8, 4) is 6.01 Å². The number of aldehydes is 1. The maximum absolute atomic E-state index is 10.8. The zero-order valence-corrected chi connectivity index (χ0v) is 10.4. The molecule has 1 aliphatic rings. The third kappa shape index (κ3) is 2.66. The minimum Gasteiger partial charge on any atom is -0.467 e. The van der Waals surface area contributed by atoms with Crippen molar-refractivity contribution < 1.29 is 9.53 Å². The van der Waals surface area contributed by atoms with Crippen molar-refractivity contribution in [2.45, 2.75) is 12.8 Å². The topological polar surface area (TPSA) is 55.3 Å². The number of nitrogens with zero attached hydrogens (tertiary/aromatic N) is 3. The number of ether oxygens (including phenoxy) is 1. The van der Waals surface area contributed by atoms with Gasteiger partial charge in [-0.3, -0.25) is 0 Å². The van der Waals surface area contributed by atoms with Crippen LogP contribution in [0.3, 0.4) is 0 Å². The largest absolute Gasteiger partial charge is 0.467 e. The summed E-state index contributed by atoms with van der Waals surface area (Å²) in [6.45, 7) is 1.51. The van der Waals surface area contributed by atoms with Gasteiger partial charge in [0.25, 0.3) is 0 Å². The van der Waals surface area contributed by atoms with Crippen molar-refractivity contribution in [1.82, 2.24) is 9.97 Å². The van der Waals surface area contributed by atoms with Gasteiger partial charge in [0.1, 0.15) is 11.3 Å². The van der Waals surface area contributed by atoms with Crippen molar-refractivity contribution in [2.24, 2.45) is 5.92 Å². The van der Waals surface area contributed by atoms with Crippen LogP contribution in [0.4, 0.5) is 5.82 Å². The Bertz CT molecular complexity index is 414. The summed E-state index contributed by atoms with van der Waals surface area (Å²) in [5.74, 6) is 0.700. The SMILES string of the molecule is COc1ncc(Cl)c(N2CCCC(C=O)C2)n1. The van der Waals surface area contributed by atoms with Crippen LogP contribution in [-0.4, -0.2) is 36.5 Å². The molecule has 1 aromatic rings. The molecule has 0 N–H and O–H groups in total. The van der Waals surface area contributed by atoms with E-state index in [4.69, 9.17) is 16.3 Å². The van der Waals surface area contributed by atoms with Crippen LogP contribution in [0.2, 0.25) is 5.02 Å². The molecule has 0 bridgehead atoms. The van der Waals surface area contributed by atoms with Gasteiger partial charge in [-0.25, -0.2) is 4.98 Å². The normalized spacial score (nSPS) is 20.1. The molecule has 1 aliphatic heterocycles. The number of halogens is 1. The number of carbonyl (C=O) groups excluding carboxylic acids is 1. The molecule has 0 amide bonds. The van der Waals surface area contributed by atoms with Crippen LogP contribution in [0.25, 0.3) is 0 Å². The number of hydrogen-bond donors (Lipinski definition) is 0. The van der Waals surface area contributed by atoms with E-state index < -0.39 is 0 Å². The maximum atomic E-state index is 10.8. The van der Waals surface area contributed by atoms with E-state index in [9.17, 15) is 4.79 Å². The van der Waals surface area contributed by atoms with Crippen LogP contribution >= 0.6 is 11.6 Å². The van der Waals surface area contributed by atoms with E-state index >= 15 is 0 Å². The Kier molecular flexibility index (Phi) is 3.78. The summed E-state index contributed by atoms with van der Waals surface area (Å²) in [6.07, 6.45) is 4.41. The van der Waals surface area contributed by atoms with Crippen molar-refractivity contribution in [2.75, 3.05) is 25.1 Å². The Morgan fingerprint density at radius 3 is 3.18 bits per heavy atom. The highest BCUT2D eigenvalue weighted by Crippen LogP contribution is 2.28. The van der Waals surface area contributed by atoms with Gasteiger partial charge in [0, 0.05) is 19.0 Å². The number of anilines is 1. The molecule has 5 nitrogen and oxygen atoms in total. The second-order valence-corrected chi connectivity index (χ2v) is 4.42. The maximum Gasteiger partial charge on any atom is 0.318 e. The minimum atomic E-state index is 0.0563. The van der Waals surface area contributed by atoms with E-state index in [-0.39, 0.29) is 11.9 Å². The van der Waals surface area contributed by atoms with Crippen LogP contribution < -0.4 is 9.64 Å². The molecule has 92 valence electrons. The number of aromatic nitrogens is 2. The van der Waals surface area contributed by atoms with E-state index in [0.717, 1.165) is 25.7 Å². The standard InChI is InChI=1S/C11H14ClN3O2/c1-17-11-13-5-9(12)10(14-11)15-4-2-3-8(6-15)7-16/h5,7-8H,2-4,6H2,1H3. The highest BCUT2D eigenvalue weighted by Gasteiger charge is 2.22. The van der Waals surface area contributed by atoms with Crippen LogP contribution in [0, 0.1) is 5.92 Å². The molecule has 0 radical (unpaired) electrons. The van der Waals surface area contributed by atoms with Crippen molar-refractivity contribution >= 4 is 23.7 Å². The lowest BCUT2D eigenvalue weighted by Gasteiger charge is -2.31. The first-order valence-corrected chi connectivity index (χ1v) is 5.89. The summed E-state index contributed by atoms with van der Waals surface area (Å²) in [5.41, 5.74) is 0. The quantitative estimate of drug-likeness (QED) is 0.767. The van der Waals surface area contributed by atoms with Gasteiger partial charge in [0.05, 0.1) is 13.3 Å². The molecular formula is C11H14ClN3O2. The van der Waals surface area contributed by atoms with Gasteiger partial charge in [-0.15, -0.1) is 0 Å². The summed E-state index contributed by atoms with van der Waals surface area (Å²) in [6, 6.07) is 0.289. The third-order valence-corrected chi connectivity index (χ3v) is 3.10. The monoisotopic (exact) mass is 255 g/mol. The highest BCUT2D eigenvalue weighted by molar-refractivity contribution is 6.32. The molecule has 17 heavy (non-hydrogen) atoms. The fraction of sp³-hybridized carbons (Fsp3) is 0.545. The van der Waals surface area contributed by atoms with Gasteiger partial charge in [0.2, 0.25) is 0 Å². The van der Waals surface area contributed by atoms with Gasteiger partial charge in [-0.05, 0) is 12.8 Å². The Balaban J connectivity index is 2.23. The lowest BCUT2D eigenvalue weighted by atomic mass is 10.00. The number of piperidine rings is 1. The summed E-state index contributed by atoms with van der Waals surface area (Å²) < 4.78 is 4.98. The molecule has 1 fully saturated rings. The van der Waals surface area contributed by atoms with Crippen LogP contribution in [-0.2, 0) is 4.79 Å². The smallest absolute Gasteiger partial charge is 0.318 e. The third-order valence-electron chi connectivity index (χ3n) is 2.84. The second-order valence-electron chi connectivity index (χ2n) is 4.01. The first-order chi connectivity index (χ1) is 8.24. The molecule has 1 unspecified atom stereocenters. The summed E-state index contributed by atoms with van der Waals surface area (Å²) in [4.78, 5) is 21.0. The van der Waals surface area contributed by atoms with E-state index in [0.29, 0.717) is 17.4 Å². The summed E-state index contributed by atoms with van der Waals surface area (Å²) in [7, 11) is 1.51. The van der Waals surface area contributed by atoms with Gasteiger partial charge >= 0.3 is 6.01 Å². The van der Waals surface area contributed by atoms with E-state index in [1.54, 1.807) is 0 Å². The predicted molar refractivity (Wildman–Crippen MR) is 64.6 cm³/mol. The zero-order chi connectivity index (χ0) is 12.3. The lowest BCUT2D eigenvalue weighted by molar-refractivity contribution is -0.111. The second kappa shape index (κ2) is 5.31. The molecule has 6 heteroatoms. The number of rotatable bonds is 3. The molecule has 2 heterocycles. The van der Waals surface area contributed by atoms with Gasteiger partial charge in [-0.2, -0.15) is 4.98 Å². The first-order valence-electron chi connectivity index (χ1n) is 5.51. The number of methoxy groups -OCH3 is 1. The lowest BCUT2D eigenvalue weighted by Crippen LogP contribution is -2.36. The minimum absolute atomic E-state index is 0.0563. The van der Waals surface area contributed by atoms with Crippen molar-refractivity contribution in [1.29, 1.82) is 0 Å². The molecule has 1 atom stereocenters. The fourth-order valence-electron chi connectivity index (χ4n) is 1.98. The average Bonchev–Trinajstić information content (AvgIpc) is 2.39. The van der Waals surface area contributed by atoms with Crippen molar-refractivity contribution in [3.63, 3.8) is 0 Å². The van der Waals surface area contributed by atoms with Crippen LogP contribution in [0.1, 0.15) is 12.8 Å². The van der Waals surface area contributed by atoms with Crippen molar-refractivity contribution in [3.05, 3.63) is 11.2 Å². The Hall–Kier alpha value is -1.36. The number of hydrogen-bond acceptors (Lipinski definition) is 5. The van der Waals surface area contributed by atoms with Gasteiger partial charge in [0.15, 0.2) is 5.82 Å². The molecule has 0 saturated carbocycles. The Morgan fingerprint density at radius 2 is 2.47 bits per heavy atom. The van der Waals surface area contributed by atoms with E-state index in [2.05, 4.69) is 9.97 Å². The molecule has 0 aromatic carbocycles. The number of carbonyl (C=O) groups is 1. The van der Waals surface area contributed by atoms with Gasteiger partial charge < -0.3 is 14.4 Å². The molecular weight excluding hydrogens is 242 g/mol. The van der Waals surface area contributed by atoms with Crippen LogP contribution in [0.15, 0.2) is 6.20 Å². The van der Waals surface area contributed by atoms with Gasteiger partial charge in [-0.1, -0.05) is 11.6 Å². The van der Waals surface area contributed by atoms with E-state index in [1.165, 1.54) is 13.3 Å². The molecule has 1 saturated heterocycles.